The average Bonchev–Trinajstić information content (AvgIpc) is 2.30. The molecular formula is C13H18O. The topological polar surface area (TPSA) is 17.1 Å². The van der Waals surface area contributed by atoms with Crippen LogP contribution < -0.4 is 0 Å². The number of benzene rings is 1. The number of rotatable bonds is 2. The van der Waals surface area contributed by atoms with Crippen LogP contribution in [0.5, 0.6) is 0 Å². The quantitative estimate of drug-likeness (QED) is 0.650. The number of hydrogen-bond donors (Lipinski definition) is 0. The highest BCUT2D eigenvalue weighted by Crippen LogP contribution is 2.26. The molecule has 1 fully saturated rings. The van der Waals surface area contributed by atoms with Gasteiger partial charge >= 0.3 is 0 Å². The molecule has 1 nitrogen and oxygen atoms in total. The molecule has 14 heavy (non-hydrogen) atoms. The standard InChI is InChI=1S/C13H16O.H2/c14-13(11-7-3-1-4-8-11)12-9-5-2-6-10-12;/h1,3-4,7-8,12H,2,5-6,9-10H2;1H. The van der Waals surface area contributed by atoms with Crippen molar-refractivity contribution in [1.82, 2.24) is 0 Å². The molecule has 76 valence electrons. The number of ketones is 1. The lowest BCUT2D eigenvalue weighted by Gasteiger charge is -2.20. The van der Waals surface area contributed by atoms with Gasteiger partial charge in [-0.05, 0) is 12.8 Å². The van der Waals surface area contributed by atoms with E-state index in [0.29, 0.717) is 11.7 Å². The SMILES string of the molecule is O=C(c1ccccc1)C1CCCCC1.[HH]. The van der Waals surface area contributed by atoms with Crippen LogP contribution in [0.1, 0.15) is 43.9 Å². The van der Waals surface area contributed by atoms with Crippen molar-refractivity contribution >= 4 is 5.78 Å². The summed E-state index contributed by atoms with van der Waals surface area (Å²) in [6, 6.07) is 9.69. The minimum atomic E-state index is 0. The van der Waals surface area contributed by atoms with Crippen LogP contribution in [0.2, 0.25) is 0 Å². The summed E-state index contributed by atoms with van der Waals surface area (Å²) in [6.45, 7) is 0. The van der Waals surface area contributed by atoms with E-state index in [2.05, 4.69) is 0 Å². The summed E-state index contributed by atoms with van der Waals surface area (Å²) in [5.74, 6) is 0.649. The third kappa shape index (κ3) is 2.03. The first-order valence-electron chi connectivity index (χ1n) is 5.47. The number of hydrogen-bond acceptors (Lipinski definition) is 1. The van der Waals surface area contributed by atoms with E-state index in [-0.39, 0.29) is 1.43 Å². The van der Waals surface area contributed by atoms with Gasteiger partial charge in [-0.3, -0.25) is 4.79 Å². The van der Waals surface area contributed by atoms with Crippen LogP contribution >= 0.6 is 0 Å². The summed E-state index contributed by atoms with van der Waals surface area (Å²) in [7, 11) is 0. The Morgan fingerprint density at radius 3 is 2.36 bits per heavy atom. The van der Waals surface area contributed by atoms with Gasteiger partial charge in [0.05, 0.1) is 0 Å². The monoisotopic (exact) mass is 190 g/mol. The van der Waals surface area contributed by atoms with Crippen molar-refractivity contribution in [2.24, 2.45) is 5.92 Å². The fourth-order valence-corrected chi connectivity index (χ4v) is 2.20. The Balaban J connectivity index is 0.00000112. The molecule has 0 radical (unpaired) electrons. The third-order valence-corrected chi connectivity index (χ3v) is 3.03. The molecule has 0 unspecified atom stereocenters. The number of Topliss-reactive ketones (excluding diaryl/α,β-unsaturated/α-hetero) is 1. The van der Waals surface area contributed by atoms with Crippen LogP contribution in [0, 0.1) is 5.92 Å². The van der Waals surface area contributed by atoms with E-state index in [1.54, 1.807) is 0 Å². The molecule has 0 atom stereocenters. The van der Waals surface area contributed by atoms with Crippen molar-refractivity contribution in [2.75, 3.05) is 0 Å². The molecule has 1 aliphatic rings. The maximum Gasteiger partial charge on any atom is 0.165 e. The highest BCUT2D eigenvalue weighted by molar-refractivity contribution is 5.97. The van der Waals surface area contributed by atoms with Crippen LogP contribution in [-0.2, 0) is 0 Å². The Morgan fingerprint density at radius 2 is 1.71 bits per heavy atom. The van der Waals surface area contributed by atoms with Crippen molar-refractivity contribution in [3.05, 3.63) is 35.9 Å². The van der Waals surface area contributed by atoms with E-state index in [0.717, 1.165) is 18.4 Å². The van der Waals surface area contributed by atoms with Gasteiger partial charge in [0.25, 0.3) is 0 Å². The molecular weight excluding hydrogens is 172 g/mol. The van der Waals surface area contributed by atoms with Gasteiger partial charge in [0.15, 0.2) is 5.78 Å². The van der Waals surface area contributed by atoms with Gasteiger partial charge in [0, 0.05) is 12.9 Å². The zero-order valence-corrected chi connectivity index (χ0v) is 8.41. The molecule has 0 saturated heterocycles. The largest absolute Gasteiger partial charge is 0.294 e. The molecule has 2 rings (SSSR count). The van der Waals surface area contributed by atoms with Crippen molar-refractivity contribution in [3.63, 3.8) is 0 Å². The van der Waals surface area contributed by atoms with Crippen LogP contribution in [0.3, 0.4) is 0 Å². The second-order valence-corrected chi connectivity index (χ2v) is 4.07. The van der Waals surface area contributed by atoms with Crippen LogP contribution in [0.25, 0.3) is 0 Å². The van der Waals surface area contributed by atoms with Crippen LogP contribution in [0.15, 0.2) is 30.3 Å². The van der Waals surface area contributed by atoms with E-state index < -0.39 is 0 Å². The highest BCUT2D eigenvalue weighted by atomic mass is 16.1. The van der Waals surface area contributed by atoms with Gasteiger partial charge in [-0.2, -0.15) is 0 Å². The predicted octanol–water partition coefficient (Wildman–Crippen LogP) is 3.70. The van der Waals surface area contributed by atoms with E-state index in [1.807, 2.05) is 30.3 Å². The maximum absolute atomic E-state index is 12.0. The van der Waals surface area contributed by atoms with Gasteiger partial charge < -0.3 is 0 Å². The van der Waals surface area contributed by atoms with Crippen molar-refractivity contribution in [2.45, 2.75) is 32.1 Å². The van der Waals surface area contributed by atoms with Crippen molar-refractivity contribution in [3.8, 4) is 0 Å². The molecule has 0 aromatic heterocycles. The summed E-state index contributed by atoms with van der Waals surface area (Å²) >= 11 is 0. The summed E-state index contributed by atoms with van der Waals surface area (Å²) in [4.78, 5) is 12.0. The Labute approximate surface area is 86.6 Å². The first-order chi connectivity index (χ1) is 6.88. The predicted molar refractivity (Wildman–Crippen MR) is 59.5 cm³/mol. The Morgan fingerprint density at radius 1 is 1.07 bits per heavy atom. The van der Waals surface area contributed by atoms with Gasteiger partial charge in [-0.15, -0.1) is 0 Å². The zero-order chi connectivity index (χ0) is 9.80. The maximum atomic E-state index is 12.0. The molecule has 1 saturated carbocycles. The van der Waals surface area contributed by atoms with E-state index in [9.17, 15) is 4.79 Å². The average molecular weight is 190 g/mol. The third-order valence-electron chi connectivity index (χ3n) is 3.03. The first-order valence-corrected chi connectivity index (χ1v) is 5.47. The molecule has 0 bridgehead atoms. The molecule has 1 aromatic carbocycles. The summed E-state index contributed by atoms with van der Waals surface area (Å²) in [6.07, 6.45) is 5.94. The second kappa shape index (κ2) is 4.41. The molecule has 0 amide bonds. The van der Waals surface area contributed by atoms with Gasteiger partial charge in [-0.25, -0.2) is 0 Å². The Hall–Kier alpha value is -1.11. The zero-order valence-electron chi connectivity index (χ0n) is 8.41. The lowest BCUT2D eigenvalue weighted by atomic mass is 9.84. The first kappa shape index (κ1) is 9.45. The Kier molecular flexibility index (Phi) is 2.97. The summed E-state index contributed by atoms with van der Waals surface area (Å²) < 4.78 is 0. The van der Waals surface area contributed by atoms with E-state index in [1.165, 1.54) is 19.3 Å². The number of carbonyl (C=O) groups excluding carboxylic acids is 1. The molecule has 0 heterocycles. The lowest BCUT2D eigenvalue weighted by Crippen LogP contribution is -2.17. The minimum Gasteiger partial charge on any atom is -0.294 e. The van der Waals surface area contributed by atoms with E-state index >= 15 is 0 Å². The van der Waals surface area contributed by atoms with Crippen molar-refractivity contribution in [1.29, 1.82) is 0 Å². The number of carbonyl (C=O) groups is 1. The summed E-state index contributed by atoms with van der Waals surface area (Å²) in [5, 5.41) is 0. The molecule has 1 heteroatoms. The molecule has 0 N–H and O–H groups in total. The smallest absolute Gasteiger partial charge is 0.165 e. The molecule has 0 aliphatic heterocycles. The fraction of sp³-hybridized carbons (Fsp3) is 0.462. The second-order valence-electron chi connectivity index (χ2n) is 4.07. The highest BCUT2D eigenvalue weighted by Gasteiger charge is 2.21. The van der Waals surface area contributed by atoms with Gasteiger partial charge in [0.2, 0.25) is 0 Å². The summed E-state index contributed by atoms with van der Waals surface area (Å²) in [5.41, 5.74) is 0.888. The van der Waals surface area contributed by atoms with Crippen molar-refractivity contribution < 1.29 is 6.22 Å². The van der Waals surface area contributed by atoms with Gasteiger partial charge in [0.1, 0.15) is 0 Å². The van der Waals surface area contributed by atoms with Gasteiger partial charge in [-0.1, -0.05) is 49.6 Å². The lowest BCUT2D eigenvalue weighted by molar-refractivity contribution is 0.0889. The fourth-order valence-electron chi connectivity index (χ4n) is 2.20. The Bertz CT molecular complexity index is 302. The molecule has 0 spiro atoms. The molecule has 1 aliphatic carbocycles. The molecule has 1 aromatic rings. The van der Waals surface area contributed by atoms with E-state index in [4.69, 9.17) is 0 Å². The van der Waals surface area contributed by atoms with Crippen LogP contribution in [0.4, 0.5) is 0 Å². The normalized spacial score (nSPS) is 18.0. The minimum absolute atomic E-state index is 0. The van der Waals surface area contributed by atoms with Crippen LogP contribution in [-0.4, -0.2) is 5.78 Å².